The predicted molar refractivity (Wildman–Crippen MR) is 71.0 cm³/mol. The molecule has 1 rings (SSSR count). The van der Waals surface area contributed by atoms with E-state index < -0.39 is 5.97 Å². The van der Waals surface area contributed by atoms with Gasteiger partial charge in [-0.15, -0.1) is 0 Å². The highest BCUT2D eigenvalue weighted by Crippen LogP contribution is 2.35. The maximum atomic E-state index is 11.7. The number of hydrogen-bond acceptors (Lipinski definition) is 3. The molecule has 3 N–H and O–H groups in total. The van der Waals surface area contributed by atoms with Crippen molar-refractivity contribution < 1.29 is 19.4 Å². The first kappa shape index (κ1) is 15.8. The number of hydrogen-bond donors (Lipinski definition) is 3. The summed E-state index contributed by atoms with van der Waals surface area (Å²) >= 11 is 0. The SMILES string of the molecule is CC1(C)CCCCC1NC(=O)NCCOCC(=O)O. The number of carboxylic acids is 1. The molecule has 0 aromatic carbocycles. The summed E-state index contributed by atoms with van der Waals surface area (Å²) in [5, 5.41) is 14.0. The number of urea groups is 1. The third-order valence-electron chi connectivity index (χ3n) is 3.57. The highest BCUT2D eigenvalue weighted by Gasteiger charge is 2.32. The van der Waals surface area contributed by atoms with E-state index in [4.69, 9.17) is 9.84 Å². The summed E-state index contributed by atoms with van der Waals surface area (Å²) in [6.45, 7) is 4.53. The van der Waals surface area contributed by atoms with Gasteiger partial charge in [0.05, 0.1) is 6.61 Å². The second-order valence-corrected chi connectivity index (χ2v) is 5.63. The Hall–Kier alpha value is -1.30. The molecule has 110 valence electrons. The lowest BCUT2D eigenvalue weighted by Gasteiger charge is -2.38. The van der Waals surface area contributed by atoms with Crippen LogP contribution >= 0.6 is 0 Å². The van der Waals surface area contributed by atoms with Crippen LogP contribution in [0.5, 0.6) is 0 Å². The molecule has 1 unspecified atom stereocenters. The Bertz CT molecular complexity index is 318. The Balaban J connectivity index is 2.18. The number of aliphatic carboxylic acids is 1. The van der Waals surface area contributed by atoms with E-state index in [2.05, 4.69) is 24.5 Å². The van der Waals surface area contributed by atoms with Crippen molar-refractivity contribution in [3.63, 3.8) is 0 Å². The van der Waals surface area contributed by atoms with Crippen LogP contribution in [0.15, 0.2) is 0 Å². The Labute approximate surface area is 113 Å². The molecule has 2 amide bonds. The minimum absolute atomic E-state index is 0.134. The zero-order valence-corrected chi connectivity index (χ0v) is 11.7. The fraction of sp³-hybridized carbons (Fsp3) is 0.846. The summed E-state index contributed by atoms with van der Waals surface area (Å²) in [5.74, 6) is -1.01. The lowest BCUT2D eigenvalue weighted by molar-refractivity contribution is -0.142. The van der Waals surface area contributed by atoms with Crippen LogP contribution < -0.4 is 10.6 Å². The van der Waals surface area contributed by atoms with Gasteiger partial charge in [0.2, 0.25) is 0 Å². The smallest absolute Gasteiger partial charge is 0.329 e. The molecule has 0 aliphatic heterocycles. The molecule has 6 heteroatoms. The van der Waals surface area contributed by atoms with Crippen molar-refractivity contribution in [1.29, 1.82) is 0 Å². The van der Waals surface area contributed by atoms with Gasteiger partial charge in [0.25, 0.3) is 0 Å². The quantitative estimate of drug-likeness (QED) is 0.637. The second-order valence-electron chi connectivity index (χ2n) is 5.63. The highest BCUT2D eigenvalue weighted by atomic mass is 16.5. The summed E-state index contributed by atoms with van der Waals surface area (Å²) in [5.41, 5.74) is 0.134. The zero-order valence-electron chi connectivity index (χ0n) is 11.7. The first-order valence-corrected chi connectivity index (χ1v) is 6.76. The monoisotopic (exact) mass is 272 g/mol. The van der Waals surface area contributed by atoms with Gasteiger partial charge in [-0.05, 0) is 18.3 Å². The minimum atomic E-state index is -1.01. The third-order valence-corrected chi connectivity index (χ3v) is 3.57. The fourth-order valence-corrected chi connectivity index (χ4v) is 2.37. The van der Waals surface area contributed by atoms with Gasteiger partial charge in [0.15, 0.2) is 0 Å². The van der Waals surface area contributed by atoms with Crippen molar-refractivity contribution in [2.24, 2.45) is 5.41 Å². The molecule has 0 heterocycles. The summed E-state index contributed by atoms with van der Waals surface area (Å²) in [4.78, 5) is 21.9. The van der Waals surface area contributed by atoms with Crippen molar-refractivity contribution in [3.05, 3.63) is 0 Å². The van der Waals surface area contributed by atoms with Gasteiger partial charge in [-0.1, -0.05) is 26.7 Å². The number of nitrogens with one attached hydrogen (secondary N) is 2. The Morgan fingerprint density at radius 3 is 2.74 bits per heavy atom. The largest absolute Gasteiger partial charge is 0.480 e. The van der Waals surface area contributed by atoms with Crippen molar-refractivity contribution in [3.8, 4) is 0 Å². The first-order chi connectivity index (χ1) is 8.92. The van der Waals surface area contributed by atoms with E-state index in [1.807, 2.05) is 0 Å². The average molecular weight is 272 g/mol. The van der Waals surface area contributed by atoms with Crippen LogP contribution in [0, 0.1) is 5.41 Å². The molecule has 0 radical (unpaired) electrons. The minimum Gasteiger partial charge on any atom is -0.480 e. The fourth-order valence-electron chi connectivity index (χ4n) is 2.37. The Morgan fingerprint density at radius 2 is 2.11 bits per heavy atom. The van der Waals surface area contributed by atoms with Crippen molar-refractivity contribution in [1.82, 2.24) is 10.6 Å². The van der Waals surface area contributed by atoms with Crippen LogP contribution in [0.4, 0.5) is 4.79 Å². The molecule has 1 saturated carbocycles. The van der Waals surface area contributed by atoms with Gasteiger partial charge in [0.1, 0.15) is 6.61 Å². The standard InChI is InChI=1S/C13H24N2O4/c1-13(2)6-4-3-5-10(13)15-12(18)14-7-8-19-9-11(16)17/h10H,3-9H2,1-2H3,(H,16,17)(H2,14,15,18). The molecule has 1 fully saturated rings. The van der Waals surface area contributed by atoms with E-state index in [0.29, 0.717) is 6.54 Å². The molecule has 0 aromatic rings. The Kier molecular flexibility index (Phi) is 6.08. The second kappa shape index (κ2) is 7.33. The zero-order chi connectivity index (χ0) is 14.3. The lowest BCUT2D eigenvalue weighted by atomic mass is 9.73. The molecular formula is C13H24N2O4. The van der Waals surface area contributed by atoms with Crippen LogP contribution in [-0.4, -0.2) is 42.9 Å². The van der Waals surface area contributed by atoms with Gasteiger partial charge in [0, 0.05) is 12.6 Å². The molecule has 1 aliphatic carbocycles. The average Bonchev–Trinajstić information content (AvgIpc) is 2.31. The van der Waals surface area contributed by atoms with Crippen LogP contribution in [0.2, 0.25) is 0 Å². The van der Waals surface area contributed by atoms with E-state index in [9.17, 15) is 9.59 Å². The molecule has 0 aromatic heterocycles. The van der Waals surface area contributed by atoms with Gasteiger partial charge in [-0.2, -0.15) is 0 Å². The summed E-state index contributed by atoms with van der Waals surface area (Å²) in [6, 6.07) is -0.0138. The highest BCUT2D eigenvalue weighted by molar-refractivity contribution is 5.74. The third kappa shape index (κ3) is 5.92. The molecule has 0 spiro atoms. The number of rotatable bonds is 6. The number of ether oxygens (including phenoxy) is 1. The molecule has 19 heavy (non-hydrogen) atoms. The molecule has 0 bridgehead atoms. The van der Waals surface area contributed by atoms with Crippen molar-refractivity contribution in [2.45, 2.75) is 45.6 Å². The van der Waals surface area contributed by atoms with Crippen LogP contribution in [0.25, 0.3) is 0 Å². The van der Waals surface area contributed by atoms with Gasteiger partial charge in [-0.25, -0.2) is 9.59 Å². The first-order valence-electron chi connectivity index (χ1n) is 6.76. The van der Waals surface area contributed by atoms with Crippen molar-refractivity contribution in [2.75, 3.05) is 19.8 Å². The maximum absolute atomic E-state index is 11.7. The number of carbonyl (C=O) groups excluding carboxylic acids is 1. The van der Waals surface area contributed by atoms with Gasteiger partial charge >= 0.3 is 12.0 Å². The number of carbonyl (C=O) groups is 2. The van der Waals surface area contributed by atoms with Gasteiger partial charge in [-0.3, -0.25) is 0 Å². The van der Waals surface area contributed by atoms with E-state index in [1.54, 1.807) is 0 Å². The summed E-state index contributed by atoms with van der Waals surface area (Å²) in [6.07, 6.45) is 4.50. The molecule has 1 aliphatic rings. The lowest BCUT2D eigenvalue weighted by Crippen LogP contribution is -2.50. The topological polar surface area (TPSA) is 87.7 Å². The van der Waals surface area contributed by atoms with E-state index >= 15 is 0 Å². The maximum Gasteiger partial charge on any atom is 0.329 e. The summed E-state index contributed by atoms with van der Waals surface area (Å²) in [7, 11) is 0. The van der Waals surface area contributed by atoms with E-state index in [1.165, 1.54) is 6.42 Å². The van der Waals surface area contributed by atoms with Crippen LogP contribution in [0.3, 0.4) is 0 Å². The summed E-state index contributed by atoms with van der Waals surface area (Å²) < 4.78 is 4.83. The molecule has 6 nitrogen and oxygen atoms in total. The van der Waals surface area contributed by atoms with Crippen LogP contribution in [-0.2, 0) is 9.53 Å². The molecule has 1 atom stereocenters. The number of amides is 2. The van der Waals surface area contributed by atoms with E-state index in [-0.39, 0.29) is 30.7 Å². The van der Waals surface area contributed by atoms with Gasteiger partial charge < -0.3 is 20.5 Å². The molecular weight excluding hydrogens is 248 g/mol. The normalized spacial score (nSPS) is 21.7. The Morgan fingerprint density at radius 1 is 1.37 bits per heavy atom. The van der Waals surface area contributed by atoms with Crippen LogP contribution in [0.1, 0.15) is 39.5 Å². The molecule has 0 saturated heterocycles. The van der Waals surface area contributed by atoms with E-state index in [0.717, 1.165) is 19.3 Å². The number of carboxylic acid groups (broad SMARTS) is 1. The predicted octanol–water partition coefficient (Wildman–Crippen LogP) is 1.36. The van der Waals surface area contributed by atoms with Crippen molar-refractivity contribution >= 4 is 12.0 Å².